The van der Waals surface area contributed by atoms with Gasteiger partial charge in [0.2, 0.25) is 0 Å². The summed E-state index contributed by atoms with van der Waals surface area (Å²) >= 11 is 8.64. The second-order valence-electron chi connectivity index (χ2n) is 3.54. The van der Waals surface area contributed by atoms with Crippen LogP contribution < -0.4 is 0 Å². The molecule has 2 rings (SSSR count). The molecule has 0 spiro atoms. The third-order valence-corrected chi connectivity index (χ3v) is 3.47. The zero-order chi connectivity index (χ0) is 11.4. The summed E-state index contributed by atoms with van der Waals surface area (Å²) in [6, 6.07) is 14.2. The van der Waals surface area contributed by atoms with Gasteiger partial charge < -0.3 is 0 Å². The average Bonchev–Trinajstić information content (AvgIpc) is 2.31. The van der Waals surface area contributed by atoms with Crippen LogP contribution in [0.5, 0.6) is 0 Å². The first-order valence-electron chi connectivity index (χ1n) is 5.05. The van der Waals surface area contributed by atoms with Gasteiger partial charge in [-0.25, -0.2) is 0 Å². The molecule has 1 aromatic heterocycles. The number of halogens is 2. The van der Waals surface area contributed by atoms with E-state index in [2.05, 4.69) is 51.8 Å². The number of alkyl halides is 1. The number of hydrogen-bond donors (Lipinski definition) is 0. The van der Waals surface area contributed by atoms with Crippen LogP contribution in [0.1, 0.15) is 16.6 Å². The lowest BCUT2D eigenvalue weighted by Gasteiger charge is -2.09. The number of hydrogen-bond acceptors (Lipinski definition) is 1. The highest BCUT2D eigenvalue weighted by Crippen LogP contribution is 2.24. The molecular weight excluding hydrogens is 333 g/mol. The quantitative estimate of drug-likeness (QED) is 0.601. The van der Waals surface area contributed by atoms with Crippen LogP contribution in [-0.2, 0) is 6.42 Å². The van der Waals surface area contributed by atoms with Crippen molar-refractivity contribution in [3.8, 4) is 0 Å². The van der Waals surface area contributed by atoms with Crippen molar-refractivity contribution in [1.82, 2.24) is 4.98 Å². The van der Waals surface area contributed by atoms with E-state index < -0.39 is 0 Å². The highest BCUT2D eigenvalue weighted by atomic mass is 127. The van der Waals surface area contributed by atoms with Crippen LogP contribution in [0.3, 0.4) is 0 Å². The standard InChI is InChI=1S/C13H11ClIN/c14-13(9-12-3-1-2-8-16-12)10-4-6-11(15)7-5-10/h1-8,13H,9H2. The fourth-order valence-electron chi connectivity index (χ4n) is 1.49. The van der Waals surface area contributed by atoms with Gasteiger partial charge in [-0.1, -0.05) is 18.2 Å². The van der Waals surface area contributed by atoms with Gasteiger partial charge in [0.25, 0.3) is 0 Å². The topological polar surface area (TPSA) is 12.9 Å². The average molecular weight is 344 g/mol. The molecule has 2 aromatic rings. The van der Waals surface area contributed by atoms with Crippen molar-refractivity contribution in [2.75, 3.05) is 0 Å². The number of rotatable bonds is 3. The molecule has 82 valence electrons. The minimum atomic E-state index is -0.00750. The van der Waals surface area contributed by atoms with Gasteiger partial charge >= 0.3 is 0 Å². The van der Waals surface area contributed by atoms with Gasteiger partial charge in [-0.15, -0.1) is 11.6 Å². The van der Waals surface area contributed by atoms with E-state index >= 15 is 0 Å². The molecule has 0 bridgehead atoms. The predicted octanol–water partition coefficient (Wildman–Crippen LogP) is 4.21. The fourth-order valence-corrected chi connectivity index (χ4v) is 2.16. The van der Waals surface area contributed by atoms with Gasteiger partial charge in [-0.2, -0.15) is 0 Å². The molecule has 1 aromatic carbocycles. The highest BCUT2D eigenvalue weighted by molar-refractivity contribution is 14.1. The number of pyridine rings is 1. The molecule has 1 nitrogen and oxygen atoms in total. The minimum absolute atomic E-state index is 0.00750. The summed E-state index contributed by atoms with van der Waals surface area (Å²) in [5.41, 5.74) is 2.17. The van der Waals surface area contributed by atoms with E-state index in [1.165, 1.54) is 3.57 Å². The maximum atomic E-state index is 6.35. The summed E-state index contributed by atoms with van der Waals surface area (Å²) in [6.07, 6.45) is 2.57. The third kappa shape index (κ3) is 3.19. The zero-order valence-electron chi connectivity index (χ0n) is 8.61. The predicted molar refractivity (Wildman–Crippen MR) is 75.7 cm³/mol. The Kier molecular flexibility index (Phi) is 4.18. The molecule has 0 saturated heterocycles. The molecular formula is C13H11ClIN. The van der Waals surface area contributed by atoms with Crippen LogP contribution in [0, 0.1) is 3.57 Å². The molecule has 3 heteroatoms. The van der Waals surface area contributed by atoms with Crippen LogP contribution in [0.25, 0.3) is 0 Å². The summed E-state index contributed by atoms with van der Waals surface area (Å²) in [5, 5.41) is -0.00750. The molecule has 1 unspecified atom stereocenters. The fraction of sp³-hybridized carbons (Fsp3) is 0.154. The van der Waals surface area contributed by atoms with E-state index in [9.17, 15) is 0 Å². The van der Waals surface area contributed by atoms with Crippen LogP contribution in [-0.4, -0.2) is 4.98 Å². The van der Waals surface area contributed by atoms with Crippen molar-refractivity contribution in [2.45, 2.75) is 11.8 Å². The van der Waals surface area contributed by atoms with E-state index in [4.69, 9.17) is 11.6 Å². The lowest BCUT2D eigenvalue weighted by atomic mass is 10.1. The van der Waals surface area contributed by atoms with Crippen molar-refractivity contribution < 1.29 is 0 Å². The summed E-state index contributed by atoms with van der Waals surface area (Å²) in [7, 11) is 0. The second-order valence-corrected chi connectivity index (χ2v) is 5.32. The van der Waals surface area contributed by atoms with Crippen molar-refractivity contribution in [1.29, 1.82) is 0 Å². The molecule has 16 heavy (non-hydrogen) atoms. The second kappa shape index (κ2) is 5.64. The molecule has 0 fully saturated rings. The SMILES string of the molecule is ClC(Cc1ccccn1)c1ccc(I)cc1. The molecule has 1 atom stereocenters. The lowest BCUT2D eigenvalue weighted by Crippen LogP contribution is -1.97. The van der Waals surface area contributed by atoms with Gasteiger partial charge in [-0.05, 0) is 52.4 Å². The molecule has 0 aliphatic carbocycles. The zero-order valence-corrected chi connectivity index (χ0v) is 11.5. The number of benzene rings is 1. The Morgan fingerprint density at radius 3 is 2.50 bits per heavy atom. The summed E-state index contributed by atoms with van der Waals surface area (Å²) in [4.78, 5) is 4.28. The van der Waals surface area contributed by atoms with E-state index in [-0.39, 0.29) is 5.38 Å². The smallest absolute Gasteiger partial charge is 0.0640 e. The van der Waals surface area contributed by atoms with E-state index in [1.807, 2.05) is 18.2 Å². The number of aromatic nitrogens is 1. The van der Waals surface area contributed by atoms with Crippen molar-refractivity contribution in [3.63, 3.8) is 0 Å². The molecule has 0 amide bonds. The summed E-state index contributed by atoms with van der Waals surface area (Å²) in [5.74, 6) is 0. The Morgan fingerprint density at radius 2 is 1.88 bits per heavy atom. The largest absolute Gasteiger partial charge is 0.261 e. The maximum absolute atomic E-state index is 6.35. The van der Waals surface area contributed by atoms with E-state index in [1.54, 1.807) is 6.20 Å². The first-order valence-corrected chi connectivity index (χ1v) is 6.56. The summed E-state index contributed by atoms with van der Waals surface area (Å²) in [6.45, 7) is 0. The molecule has 1 heterocycles. The molecule has 0 N–H and O–H groups in total. The minimum Gasteiger partial charge on any atom is -0.261 e. The van der Waals surface area contributed by atoms with Crippen LogP contribution in [0.2, 0.25) is 0 Å². The van der Waals surface area contributed by atoms with Crippen LogP contribution in [0.15, 0.2) is 48.7 Å². The van der Waals surface area contributed by atoms with Gasteiger partial charge in [0.05, 0.1) is 5.38 Å². The van der Waals surface area contributed by atoms with E-state index in [0.717, 1.165) is 17.7 Å². The third-order valence-electron chi connectivity index (χ3n) is 2.35. The summed E-state index contributed by atoms with van der Waals surface area (Å²) < 4.78 is 1.23. The monoisotopic (exact) mass is 343 g/mol. The van der Waals surface area contributed by atoms with Gasteiger partial charge in [0.15, 0.2) is 0 Å². The number of nitrogens with zero attached hydrogens (tertiary/aromatic N) is 1. The lowest BCUT2D eigenvalue weighted by molar-refractivity contribution is 0.881. The highest BCUT2D eigenvalue weighted by Gasteiger charge is 2.09. The molecule has 0 saturated carbocycles. The molecule has 0 aliphatic rings. The Labute approximate surface area is 114 Å². The van der Waals surface area contributed by atoms with Crippen molar-refractivity contribution >= 4 is 34.2 Å². The normalized spacial score (nSPS) is 12.4. The van der Waals surface area contributed by atoms with Crippen LogP contribution >= 0.6 is 34.2 Å². The van der Waals surface area contributed by atoms with Gasteiger partial charge in [0, 0.05) is 21.9 Å². The van der Waals surface area contributed by atoms with Crippen LogP contribution in [0.4, 0.5) is 0 Å². The Balaban J connectivity index is 2.09. The van der Waals surface area contributed by atoms with Crippen molar-refractivity contribution in [3.05, 3.63) is 63.5 Å². The Bertz CT molecular complexity index is 441. The van der Waals surface area contributed by atoms with Gasteiger partial charge in [0.1, 0.15) is 0 Å². The van der Waals surface area contributed by atoms with E-state index in [0.29, 0.717) is 0 Å². The molecule has 0 aliphatic heterocycles. The molecule has 0 radical (unpaired) electrons. The maximum Gasteiger partial charge on any atom is 0.0640 e. The Hall–Kier alpha value is -0.610. The first kappa shape index (κ1) is 11.9. The van der Waals surface area contributed by atoms with Crippen molar-refractivity contribution in [2.24, 2.45) is 0 Å². The first-order chi connectivity index (χ1) is 7.75. The Morgan fingerprint density at radius 1 is 1.12 bits per heavy atom. The van der Waals surface area contributed by atoms with Gasteiger partial charge in [-0.3, -0.25) is 4.98 Å².